The molecule has 1 aromatic rings. The summed E-state index contributed by atoms with van der Waals surface area (Å²) in [6.07, 6.45) is 1.31. The number of ether oxygens (including phenoxy) is 2. The van der Waals surface area contributed by atoms with Crippen molar-refractivity contribution >= 4 is 5.97 Å². The summed E-state index contributed by atoms with van der Waals surface area (Å²) < 4.78 is 11.1. The molecule has 1 atom stereocenters. The Labute approximate surface area is 119 Å². The summed E-state index contributed by atoms with van der Waals surface area (Å²) in [6.45, 7) is 5.49. The van der Waals surface area contributed by atoms with Crippen LogP contribution in [0.3, 0.4) is 0 Å². The van der Waals surface area contributed by atoms with E-state index in [-0.39, 0.29) is 0 Å². The molecular weight excluding hydrogens is 258 g/mol. The number of hydrogen-bond acceptors (Lipinski definition) is 4. The molecule has 0 heterocycles. The second-order valence-corrected chi connectivity index (χ2v) is 4.36. The van der Waals surface area contributed by atoms with E-state index in [0.717, 1.165) is 6.42 Å². The van der Waals surface area contributed by atoms with Gasteiger partial charge in [0.2, 0.25) is 0 Å². The second-order valence-electron chi connectivity index (χ2n) is 4.36. The van der Waals surface area contributed by atoms with Gasteiger partial charge < -0.3 is 19.9 Å². The van der Waals surface area contributed by atoms with Gasteiger partial charge in [0.1, 0.15) is 6.04 Å². The molecule has 0 aliphatic carbocycles. The molecule has 0 saturated carbocycles. The summed E-state index contributed by atoms with van der Waals surface area (Å²) in [7, 11) is 0. The fraction of sp³-hybridized carbons (Fsp3) is 0.533. The molecule has 20 heavy (non-hydrogen) atoms. The largest absolute Gasteiger partial charge is 0.490 e. The lowest BCUT2D eigenvalue weighted by molar-refractivity contribution is -0.139. The fourth-order valence-electron chi connectivity index (χ4n) is 1.76. The third-order valence-corrected chi connectivity index (χ3v) is 2.75. The van der Waals surface area contributed by atoms with Gasteiger partial charge in [-0.05, 0) is 32.0 Å². The van der Waals surface area contributed by atoms with E-state index >= 15 is 0 Å². The summed E-state index contributed by atoms with van der Waals surface area (Å²) in [6, 6.07) is 6.82. The zero-order chi connectivity index (χ0) is 14.8. The smallest absolute Gasteiger partial charge is 0.320 e. The molecular formula is C15H23NO4. The average molecular weight is 281 g/mol. The van der Waals surface area contributed by atoms with Gasteiger partial charge in [0, 0.05) is 6.42 Å². The number of rotatable bonds is 10. The summed E-state index contributed by atoms with van der Waals surface area (Å²) in [4.78, 5) is 11.1. The molecule has 0 radical (unpaired) electrons. The van der Waals surface area contributed by atoms with Crippen molar-refractivity contribution in [2.75, 3.05) is 19.8 Å². The van der Waals surface area contributed by atoms with Crippen molar-refractivity contribution < 1.29 is 19.4 Å². The molecule has 112 valence electrons. The molecule has 0 aliphatic heterocycles. The highest BCUT2D eigenvalue weighted by atomic mass is 16.5. The van der Waals surface area contributed by atoms with Gasteiger partial charge in [0.15, 0.2) is 11.5 Å². The SMILES string of the molecule is CCCNC(CCOc1ccccc1OCC)C(=O)O. The Kier molecular flexibility index (Phi) is 7.50. The van der Waals surface area contributed by atoms with Crippen molar-refractivity contribution in [2.45, 2.75) is 32.7 Å². The van der Waals surface area contributed by atoms with Crippen LogP contribution in [0.5, 0.6) is 11.5 Å². The van der Waals surface area contributed by atoms with E-state index in [4.69, 9.17) is 14.6 Å². The molecule has 1 unspecified atom stereocenters. The van der Waals surface area contributed by atoms with Crippen molar-refractivity contribution in [1.82, 2.24) is 5.32 Å². The Hall–Kier alpha value is -1.75. The first-order chi connectivity index (χ1) is 9.69. The van der Waals surface area contributed by atoms with Crippen LogP contribution in [-0.2, 0) is 4.79 Å². The van der Waals surface area contributed by atoms with E-state index < -0.39 is 12.0 Å². The first-order valence-corrected chi connectivity index (χ1v) is 6.99. The standard InChI is InChI=1S/C15H23NO4/c1-3-10-16-12(15(17)18)9-11-20-14-8-6-5-7-13(14)19-4-2/h5-8,12,16H,3-4,9-11H2,1-2H3,(H,17,18). The number of benzene rings is 1. The van der Waals surface area contributed by atoms with Gasteiger partial charge in [0.25, 0.3) is 0 Å². The number of carboxylic acids is 1. The lowest BCUT2D eigenvalue weighted by atomic mass is 10.2. The molecule has 2 N–H and O–H groups in total. The first-order valence-electron chi connectivity index (χ1n) is 6.99. The molecule has 0 fully saturated rings. The fourth-order valence-corrected chi connectivity index (χ4v) is 1.76. The molecule has 0 saturated heterocycles. The molecule has 0 amide bonds. The minimum absolute atomic E-state index is 0.331. The quantitative estimate of drug-likeness (QED) is 0.689. The maximum absolute atomic E-state index is 11.1. The van der Waals surface area contributed by atoms with Crippen molar-refractivity contribution in [1.29, 1.82) is 0 Å². The minimum Gasteiger partial charge on any atom is -0.490 e. The first kappa shape index (κ1) is 16.3. The van der Waals surface area contributed by atoms with Gasteiger partial charge >= 0.3 is 5.97 Å². The predicted molar refractivity (Wildman–Crippen MR) is 77.4 cm³/mol. The molecule has 0 aromatic heterocycles. The lowest BCUT2D eigenvalue weighted by Gasteiger charge is -2.15. The number of carboxylic acid groups (broad SMARTS) is 1. The third-order valence-electron chi connectivity index (χ3n) is 2.75. The van der Waals surface area contributed by atoms with Crippen LogP contribution in [0.2, 0.25) is 0 Å². The average Bonchev–Trinajstić information content (AvgIpc) is 2.44. The summed E-state index contributed by atoms with van der Waals surface area (Å²) in [5.41, 5.74) is 0. The maximum Gasteiger partial charge on any atom is 0.320 e. The Morgan fingerprint density at radius 3 is 2.45 bits per heavy atom. The van der Waals surface area contributed by atoms with Gasteiger partial charge in [-0.3, -0.25) is 4.79 Å². The zero-order valence-corrected chi connectivity index (χ0v) is 12.1. The molecule has 1 rings (SSSR count). The van der Waals surface area contributed by atoms with E-state index in [1.54, 1.807) is 0 Å². The van der Waals surface area contributed by atoms with Crippen LogP contribution in [0.15, 0.2) is 24.3 Å². The monoisotopic (exact) mass is 281 g/mol. The molecule has 0 bridgehead atoms. The normalized spacial score (nSPS) is 11.9. The number of hydrogen-bond donors (Lipinski definition) is 2. The topological polar surface area (TPSA) is 67.8 Å². The second kappa shape index (κ2) is 9.20. The van der Waals surface area contributed by atoms with Crippen molar-refractivity contribution in [2.24, 2.45) is 0 Å². The zero-order valence-electron chi connectivity index (χ0n) is 12.1. The highest BCUT2D eigenvalue weighted by Crippen LogP contribution is 2.26. The van der Waals surface area contributed by atoms with E-state index in [0.29, 0.717) is 37.7 Å². The van der Waals surface area contributed by atoms with Crippen molar-refractivity contribution in [3.8, 4) is 11.5 Å². The molecule has 1 aromatic carbocycles. The Morgan fingerprint density at radius 1 is 1.25 bits per heavy atom. The van der Waals surface area contributed by atoms with E-state index in [1.807, 2.05) is 38.1 Å². The Bertz CT molecular complexity index is 409. The highest BCUT2D eigenvalue weighted by molar-refractivity contribution is 5.73. The third kappa shape index (κ3) is 5.48. The van der Waals surface area contributed by atoms with Gasteiger partial charge in [-0.2, -0.15) is 0 Å². The number of carbonyl (C=O) groups is 1. The predicted octanol–water partition coefficient (Wildman–Crippen LogP) is 2.31. The van der Waals surface area contributed by atoms with Crippen LogP contribution in [0.4, 0.5) is 0 Å². The van der Waals surface area contributed by atoms with Crippen LogP contribution in [0, 0.1) is 0 Å². The van der Waals surface area contributed by atoms with Gasteiger partial charge in [-0.15, -0.1) is 0 Å². The molecule has 0 spiro atoms. The van der Waals surface area contributed by atoms with Crippen LogP contribution in [0.1, 0.15) is 26.7 Å². The minimum atomic E-state index is -0.847. The van der Waals surface area contributed by atoms with E-state index in [9.17, 15) is 4.79 Å². The van der Waals surface area contributed by atoms with Crippen LogP contribution in [-0.4, -0.2) is 36.9 Å². The number of nitrogens with one attached hydrogen (secondary N) is 1. The Morgan fingerprint density at radius 2 is 1.90 bits per heavy atom. The van der Waals surface area contributed by atoms with Crippen molar-refractivity contribution in [3.05, 3.63) is 24.3 Å². The Balaban J connectivity index is 2.47. The van der Waals surface area contributed by atoms with Crippen molar-refractivity contribution in [3.63, 3.8) is 0 Å². The highest BCUT2D eigenvalue weighted by Gasteiger charge is 2.16. The van der Waals surface area contributed by atoms with Crippen LogP contribution < -0.4 is 14.8 Å². The van der Waals surface area contributed by atoms with Crippen LogP contribution in [0.25, 0.3) is 0 Å². The summed E-state index contributed by atoms with van der Waals surface area (Å²) >= 11 is 0. The molecule has 5 heteroatoms. The van der Waals surface area contributed by atoms with E-state index in [1.165, 1.54) is 0 Å². The van der Waals surface area contributed by atoms with Crippen LogP contribution >= 0.6 is 0 Å². The molecule has 5 nitrogen and oxygen atoms in total. The number of aliphatic carboxylic acids is 1. The summed E-state index contributed by atoms with van der Waals surface area (Å²) in [5, 5.41) is 12.1. The number of para-hydroxylation sites is 2. The van der Waals surface area contributed by atoms with E-state index in [2.05, 4.69) is 5.32 Å². The summed E-state index contributed by atoms with van der Waals surface area (Å²) in [5.74, 6) is 0.484. The molecule has 0 aliphatic rings. The van der Waals surface area contributed by atoms with Gasteiger partial charge in [-0.1, -0.05) is 19.1 Å². The van der Waals surface area contributed by atoms with Gasteiger partial charge in [0.05, 0.1) is 13.2 Å². The maximum atomic E-state index is 11.1. The van der Waals surface area contributed by atoms with Gasteiger partial charge in [-0.25, -0.2) is 0 Å². The lowest BCUT2D eigenvalue weighted by Crippen LogP contribution is -2.38.